The van der Waals surface area contributed by atoms with Crippen LogP contribution >= 0.6 is 12.0 Å². The zero-order chi connectivity index (χ0) is 47.8. The van der Waals surface area contributed by atoms with Crippen LogP contribution in [0.1, 0.15) is 81.3 Å². The lowest BCUT2D eigenvalue weighted by molar-refractivity contribution is -0.432. The summed E-state index contributed by atoms with van der Waals surface area (Å²) in [5.41, 5.74) is 5.19. The molecule has 0 amide bonds. The van der Waals surface area contributed by atoms with E-state index in [4.69, 9.17) is 28.5 Å². The van der Waals surface area contributed by atoms with Gasteiger partial charge in [-0.3, -0.25) is 9.55 Å². The lowest BCUT2D eigenvalue weighted by Crippen LogP contribution is -2.26. The van der Waals surface area contributed by atoms with Crippen LogP contribution in [0, 0.1) is 25.7 Å². The van der Waals surface area contributed by atoms with E-state index in [1.54, 1.807) is 43.3 Å². The van der Waals surface area contributed by atoms with E-state index in [0.717, 1.165) is 54.5 Å². The molecule has 3 aromatic rings. The Morgan fingerprint density at radius 2 is 1.74 bits per heavy atom. The number of aryl methyl sites for hydroxylation is 1. The SMILES string of the molecule is CCCCC(CC)COCCCNS(=O)(=O)c1cc(C(=O)OC)ccc1-c1c2ccc(=NC3C(C)=C(S(=O)(=O)O)C=CC3C)cc-2oc2cc(Nc3c(C)ccc(SOOO)c3C)ccc12. The number of allylic oxidation sites excluding steroid dienone is 1. The van der Waals surface area contributed by atoms with Crippen LogP contribution in [0.2, 0.25) is 0 Å². The van der Waals surface area contributed by atoms with Crippen LogP contribution in [0.15, 0.2) is 109 Å². The molecule has 0 fully saturated rings. The van der Waals surface area contributed by atoms with Crippen LogP contribution in [0.25, 0.3) is 33.4 Å². The minimum atomic E-state index is -4.51. The van der Waals surface area contributed by atoms with Gasteiger partial charge in [-0.2, -0.15) is 8.42 Å². The van der Waals surface area contributed by atoms with Crippen molar-refractivity contribution in [1.82, 2.24) is 4.72 Å². The number of rotatable bonds is 21. The molecule has 0 bridgehead atoms. The molecule has 2 aliphatic carbocycles. The molecule has 3 atom stereocenters. The molecule has 1 heterocycles. The summed E-state index contributed by atoms with van der Waals surface area (Å²) < 4.78 is 88.4. The number of esters is 1. The minimum Gasteiger partial charge on any atom is -0.465 e. The molecule has 0 aromatic heterocycles. The first kappa shape index (κ1) is 50.5. The molecule has 354 valence electrons. The zero-order valence-corrected chi connectivity index (χ0v) is 40.5. The second-order valence-electron chi connectivity index (χ2n) is 16.4. The molecule has 3 aromatic carbocycles. The molecule has 66 heavy (non-hydrogen) atoms. The number of nitrogens with zero attached hydrogens (tertiary/aromatic N) is 1. The third-order valence-electron chi connectivity index (χ3n) is 11.8. The first-order valence-electron chi connectivity index (χ1n) is 21.7. The normalized spacial score (nSPS) is 16.3. The maximum atomic E-state index is 14.5. The fraction of sp³-hybridized carbons (Fsp3) is 0.375. The summed E-state index contributed by atoms with van der Waals surface area (Å²) in [7, 11) is -7.56. The quantitative estimate of drug-likeness (QED) is 0.0103. The maximum absolute atomic E-state index is 14.5. The second-order valence-corrected chi connectivity index (χ2v) is 20.2. The summed E-state index contributed by atoms with van der Waals surface area (Å²) >= 11 is 0.841. The molecule has 1 aliphatic heterocycles. The summed E-state index contributed by atoms with van der Waals surface area (Å²) in [5, 5.41) is 17.0. The minimum absolute atomic E-state index is 0.0369. The largest absolute Gasteiger partial charge is 0.465 e. The molecule has 0 saturated carbocycles. The van der Waals surface area contributed by atoms with Crippen molar-refractivity contribution in [1.29, 1.82) is 0 Å². The van der Waals surface area contributed by atoms with Crippen molar-refractivity contribution in [2.75, 3.05) is 32.2 Å². The van der Waals surface area contributed by atoms with Gasteiger partial charge < -0.3 is 19.2 Å². The van der Waals surface area contributed by atoms with Gasteiger partial charge in [-0.25, -0.2) is 23.2 Å². The highest BCUT2D eigenvalue weighted by Crippen LogP contribution is 2.44. The molecule has 0 spiro atoms. The van der Waals surface area contributed by atoms with Gasteiger partial charge in [0.15, 0.2) is 0 Å². The molecule has 3 unspecified atom stereocenters. The highest BCUT2D eigenvalue weighted by Gasteiger charge is 2.29. The lowest BCUT2D eigenvalue weighted by Gasteiger charge is -2.24. The van der Waals surface area contributed by atoms with Crippen LogP contribution in [-0.2, 0) is 39.0 Å². The molecule has 15 nitrogen and oxygen atoms in total. The number of sulfonamides is 1. The summed E-state index contributed by atoms with van der Waals surface area (Å²) in [6.07, 6.45) is 7.82. The van der Waals surface area contributed by atoms with E-state index in [1.165, 1.54) is 25.3 Å². The number of anilines is 2. The summed E-state index contributed by atoms with van der Waals surface area (Å²) in [6.45, 7) is 12.7. The summed E-state index contributed by atoms with van der Waals surface area (Å²) in [5.74, 6) is -0.151. The van der Waals surface area contributed by atoms with Crippen LogP contribution in [0.5, 0.6) is 0 Å². The van der Waals surface area contributed by atoms with Gasteiger partial charge in [0.2, 0.25) is 10.0 Å². The van der Waals surface area contributed by atoms with Gasteiger partial charge in [-0.05, 0) is 105 Å². The third kappa shape index (κ3) is 11.8. The Labute approximate surface area is 390 Å². The first-order chi connectivity index (χ1) is 31.5. The number of hydrogen-bond donors (Lipinski definition) is 4. The van der Waals surface area contributed by atoms with Crippen molar-refractivity contribution < 1.29 is 54.7 Å². The third-order valence-corrected chi connectivity index (χ3v) is 15.1. The summed E-state index contributed by atoms with van der Waals surface area (Å²) in [4.78, 5) is 18.1. The molecule has 18 heteroatoms. The van der Waals surface area contributed by atoms with Gasteiger partial charge in [0.25, 0.3) is 10.1 Å². The van der Waals surface area contributed by atoms with Crippen molar-refractivity contribution >= 4 is 60.5 Å². The monoisotopic (exact) mass is 963 g/mol. The second kappa shape index (κ2) is 22.3. The van der Waals surface area contributed by atoms with Crippen molar-refractivity contribution in [2.24, 2.45) is 16.8 Å². The molecular formula is C48H57N3O12S3. The number of carbonyl (C=O) groups is 1. The van der Waals surface area contributed by atoms with Crippen LogP contribution in [-0.4, -0.2) is 65.5 Å². The van der Waals surface area contributed by atoms with E-state index in [9.17, 15) is 26.2 Å². The van der Waals surface area contributed by atoms with E-state index in [2.05, 4.69) is 28.9 Å². The van der Waals surface area contributed by atoms with Crippen molar-refractivity contribution in [3.63, 3.8) is 0 Å². The van der Waals surface area contributed by atoms with Crippen LogP contribution < -0.4 is 15.4 Å². The maximum Gasteiger partial charge on any atom is 0.337 e. The highest BCUT2D eigenvalue weighted by atomic mass is 32.2. The Morgan fingerprint density at radius 1 is 0.970 bits per heavy atom. The summed E-state index contributed by atoms with van der Waals surface area (Å²) in [6, 6.07) is 18.1. The van der Waals surface area contributed by atoms with Gasteiger partial charge in [0.1, 0.15) is 11.3 Å². The van der Waals surface area contributed by atoms with E-state index >= 15 is 0 Å². The van der Waals surface area contributed by atoms with Crippen LogP contribution in [0.3, 0.4) is 0 Å². The molecule has 6 rings (SSSR count). The van der Waals surface area contributed by atoms with Gasteiger partial charge >= 0.3 is 5.97 Å². The van der Waals surface area contributed by atoms with E-state index in [0.29, 0.717) is 74.9 Å². The fourth-order valence-electron chi connectivity index (χ4n) is 8.12. The fourth-order valence-corrected chi connectivity index (χ4v) is 10.7. The van der Waals surface area contributed by atoms with E-state index in [1.807, 2.05) is 45.0 Å². The Bertz CT molecular complexity index is 2890. The number of ether oxygens (including phenoxy) is 2. The molecule has 3 aliphatic rings. The number of fused-ring (bicyclic) bond motifs is 2. The van der Waals surface area contributed by atoms with Crippen LogP contribution in [0.4, 0.5) is 11.4 Å². The first-order valence-corrected chi connectivity index (χ1v) is 25.4. The topological polar surface area (TPSA) is 212 Å². The number of carbonyl (C=O) groups excluding carboxylic acids is 1. The Hall–Kier alpha value is -4.89. The lowest BCUT2D eigenvalue weighted by atomic mass is 9.91. The molecule has 0 radical (unpaired) electrons. The average molecular weight is 964 g/mol. The Kier molecular flexibility index (Phi) is 17.0. The Morgan fingerprint density at radius 3 is 2.45 bits per heavy atom. The van der Waals surface area contributed by atoms with Crippen molar-refractivity contribution in [3.8, 4) is 22.5 Å². The van der Waals surface area contributed by atoms with Gasteiger partial charge in [0.05, 0.1) is 45.9 Å². The average Bonchev–Trinajstić information content (AvgIpc) is 3.29. The number of unbranched alkanes of at least 4 members (excludes halogenated alkanes) is 1. The van der Waals surface area contributed by atoms with Crippen molar-refractivity contribution in [2.45, 2.75) is 89.5 Å². The van der Waals surface area contributed by atoms with E-state index < -0.39 is 32.2 Å². The standard InChI is InChI=1S/C48H57N3O12S3/c1-8-10-12-33(9-2)28-60-24-11-23-49-65(54,55)44-25-34(48(52)59-7)15-18-39(44)45-37-19-16-35(50-46-29(3)13-21-42(31(46)5)64-63-62-53)26-40(37)61-41-27-36(17-20-38(41)45)51-47-30(4)14-22-43(32(47)6)66(56,57)58/h13-22,25-27,30,33,47,49-50,53H,8-12,23-24,28H2,1-7H3,(H,56,57,58). The number of nitrogens with one attached hydrogen (secondary N) is 2. The number of methoxy groups -OCH3 is 1. The molecular weight excluding hydrogens is 907 g/mol. The smallest absolute Gasteiger partial charge is 0.337 e. The zero-order valence-electron chi connectivity index (χ0n) is 38.0. The van der Waals surface area contributed by atoms with Gasteiger partial charge in [-0.1, -0.05) is 63.3 Å². The Balaban J connectivity index is 1.49. The van der Waals surface area contributed by atoms with Crippen molar-refractivity contribution in [3.05, 3.63) is 111 Å². The number of hydrogen-bond acceptors (Lipinski definition) is 14. The molecule has 0 saturated heterocycles. The predicted octanol–water partition coefficient (Wildman–Crippen LogP) is 10.3. The van der Waals surface area contributed by atoms with E-state index in [-0.39, 0.29) is 33.4 Å². The highest BCUT2D eigenvalue weighted by molar-refractivity contribution is 7.94. The van der Waals surface area contributed by atoms with Gasteiger partial charge in [0, 0.05) is 76.2 Å². The van der Waals surface area contributed by atoms with Gasteiger partial charge in [-0.15, -0.1) is 4.33 Å². The predicted molar refractivity (Wildman–Crippen MR) is 255 cm³/mol. The number of benzene rings is 4. The molecule has 4 N–H and O–H groups in total.